The SMILES string of the molecule is [CH2]CCCCCn1cnc(CCCCC)n1. The summed E-state index contributed by atoms with van der Waals surface area (Å²) in [4.78, 5) is 4.33. The van der Waals surface area contributed by atoms with Crippen LogP contribution in [0.25, 0.3) is 0 Å². The van der Waals surface area contributed by atoms with Crippen molar-refractivity contribution >= 4 is 0 Å². The Morgan fingerprint density at radius 3 is 2.81 bits per heavy atom. The maximum atomic E-state index is 4.47. The summed E-state index contributed by atoms with van der Waals surface area (Å²) in [6.07, 6.45) is 11.3. The second-order valence-corrected chi connectivity index (χ2v) is 4.30. The van der Waals surface area contributed by atoms with Gasteiger partial charge in [0.15, 0.2) is 5.82 Å². The third-order valence-corrected chi connectivity index (χ3v) is 2.73. The highest BCUT2D eigenvalue weighted by Gasteiger charge is 2.00. The fraction of sp³-hybridized carbons (Fsp3) is 0.769. The van der Waals surface area contributed by atoms with Crippen LogP contribution in [0.15, 0.2) is 6.33 Å². The average molecular weight is 222 g/mol. The first kappa shape index (κ1) is 13.2. The van der Waals surface area contributed by atoms with E-state index in [0.29, 0.717) is 0 Å². The Hall–Kier alpha value is -0.860. The van der Waals surface area contributed by atoms with Crippen molar-refractivity contribution in [2.75, 3.05) is 0 Å². The van der Waals surface area contributed by atoms with Crippen molar-refractivity contribution in [3.8, 4) is 0 Å². The van der Waals surface area contributed by atoms with Gasteiger partial charge in [-0.25, -0.2) is 4.98 Å². The second-order valence-electron chi connectivity index (χ2n) is 4.30. The summed E-state index contributed by atoms with van der Waals surface area (Å²) in [5, 5.41) is 4.47. The summed E-state index contributed by atoms with van der Waals surface area (Å²) in [5.41, 5.74) is 0. The van der Waals surface area contributed by atoms with Crippen molar-refractivity contribution < 1.29 is 0 Å². The van der Waals surface area contributed by atoms with Crippen molar-refractivity contribution in [3.63, 3.8) is 0 Å². The highest BCUT2D eigenvalue weighted by Crippen LogP contribution is 2.03. The number of nitrogens with zero attached hydrogens (tertiary/aromatic N) is 3. The minimum atomic E-state index is 1.00. The van der Waals surface area contributed by atoms with Gasteiger partial charge in [-0.15, -0.1) is 0 Å². The molecule has 3 heteroatoms. The van der Waals surface area contributed by atoms with Crippen LogP contribution in [0.3, 0.4) is 0 Å². The van der Waals surface area contributed by atoms with Crippen molar-refractivity contribution in [1.29, 1.82) is 0 Å². The molecule has 1 aromatic heterocycles. The van der Waals surface area contributed by atoms with E-state index in [0.717, 1.165) is 25.2 Å². The molecule has 0 saturated carbocycles. The fourth-order valence-electron chi connectivity index (χ4n) is 1.72. The number of hydrogen-bond donors (Lipinski definition) is 0. The summed E-state index contributed by atoms with van der Waals surface area (Å²) in [6.45, 7) is 7.06. The molecule has 0 unspecified atom stereocenters. The van der Waals surface area contributed by atoms with Crippen molar-refractivity contribution in [1.82, 2.24) is 14.8 Å². The molecule has 91 valence electrons. The monoisotopic (exact) mass is 222 g/mol. The highest BCUT2D eigenvalue weighted by atomic mass is 15.3. The largest absolute Gasteiger partial charge is 0.253 e. The molecule has 0 amide bonds. The Labute approximate surface area is 99.3 Å². The van der Waals surface area contributed by atoms with Gasteiger partial charge in [-0.3, -0.25) is 4.68 Å². The number of unbranched alkanes of at least 4 members (excludes halogenated alkanes) is 5. The summed E-state index contributed by atoms with van der Waals surface area (Å²) < 4.78 is 1.98. The molecule has 0 aliphatic heterocycles. The standard InChI is InChI=1S/C13H24N3/c1-3-5-7-9-11-16-12-14-13(15-16)10-8-6-4-2/h12H,1,3-11H2,2H3. The van der Waals surface area contributed by atoms with Crippen LogP contribution in [0.4, 0.5) is 0 Å². The summed E-state index contributed by atoms with van der Waals surface area (Å²) in [5.74, 6) is 1.01. The van der Waals surface area contributed by atoms with E-state index in [1.54, 1.807) is 0 Å². The van der Waals surface area contributed by atoms with Gasteiger partial charge in [0.25, 0.3) is 0 Å². The lowest BCUT2D eigenvalue weighted by Crippen LogP contribution is -1.99. The van der Waals surface area contributed by atoms with Gasteiger partial charge < -0.3 is 0 Å². The fourth-order valence-corrected chi connectivity index (χ4v) is 1.72. The number of aryl methyl sites for hydroxylation is 2. The van der Waals surface area contributed by atoms with E-state index in [9.17, 15) is 0 Å². The Morgan fingerprint density at radius 1 is 1.19 bits per heavy atom. The van der Waals surface area contributed by atoms with E-state index in [4.69, 9.17) is 0 Å². The molecule has 1 heterocycles. The third kappa shape index (κ3) is 5.29. The maximum absolute atomic E-state index is 4.47. The predicted molar refractivity (Wildman–Crippen MR) is 67.1 cm³/mol. The van der Waals surface area contributed by atoms with Crippen LogP contribution >= 0.6 is 0 Å². The zero-order valence-corrected chi connectivity index (χ0v) is 10.5. The van der Waals surface area contributed by atoms with Crippen LogP contribution in [0.2, 0.25) is 0 Å². The normalized spacial score (nSPS) is 10.9. The molecule has 1 rings (SSSR count). The van der Waals surface area contributed by atoms with E-state index in [2.05, 4.69) is 23.9 Å². The molecule has 0 aliphatic rings. The van der Waals surface area contributed by atoms with Gasteiger partial charge in [0.1, 0.15) is 6.33 Å². The van der Waals surface area contributed by atoms with Gasteiger partial charge in [-0.2, -0.15) is 5.10 Å². The predicted octanol–water partition coefficient (Wildman–Crippen LogP) is 3.41. The first-order valence-corrected chi connectivity index (χ1v) is 6.54. The molecule has 3 nitrogen and oxygen atoms in total. The number of aromatic nitrogens is 3. The summed E-state index contributed by atoms with van der Waals surface area (Å²) in [7, 11) is 0. The molecular weight excluding hydrogens is 198 g/mol. The molecular formula is C13H24N3. The van der Waals surface area contributed by atoms with Crippen molar-refractivity contribution in [2.45, 2.75) is 64.8 Å². The first-order chi connectivity index (χ1) is 7.86. The third-order valence-electron chi connectivity index (χ3n) is 2.73. The second kappa shape index (κ2) is 8.31. The quantitative estimate of drug-likeness (QED) is 0.599. The van der Waals surface area contributed by atoms with Crippen LogP contribution in [0, 0.1) is 6.92 Å². The average Bonchev–Trinajstić information content (AvgIpc) is 2.73. The molecule has 0 atom stereocenters. The van der Waals surface area contributed by atoms with E-state index >= 15 is 0 Å². The van der Waals surface area contributed by atoms with Gasteiger partial charge >= 0.3 is 0 Å². The zero-order valence-electron chi connectivity index (χ0n) is 10.5. The van der Waals surface area contributed by atoms with Crippen LogP contribution < -0.4 is 0 Å². The molecule has 0 aromatic carbocycles. The smallest absolute Gasteiger partial charge is 0.150 e. The lowest BCUT2D eigenvalue weighted by Gasteiger charge is -1.99. The van der Waals surface area contributed by atoms with Crippen molar-refractivity contribution in [2.24, 2.45) is 0 Å². The van der Waals surface area contributed by atoms with Crippen LogP contribution in [-0.4, -0.2) is 14.8 Å². The molecule has 16 heavy (non-hydrogen) atoms. The van der Waals surface area contributed by atoms with Gasteiger partial charge in [-0.05, 0) is 12.8 Å². The summed E-state index contributed by atoms with van der Waals surface area (Å²) >= 11 is 0. The molecule has 0 spiro atoms. The Balaban J connectivity index is 2.17. The van der Waals surface area contributed by atoms with E-state index in [-0.39, 0.29) is 0 Å². The highest BCUT2D eigenvalue weighted by molar-refractivity contribution is 4.81. The molecule has 0 N–H and O–H groups in total. The van der Waals surface area contributed by atoms with Crippen LogP contribution in [0.1, 0.15) is 57.7 Å². The molecule has 1 radical (unpaired) electrons. The molecule has 0 aliphatic carbocycles. The van der Waals surface area contributed by atoms with Gasteiger partial charge in [0.2, 0.25) is 0 Å². The number of rotatable bonds is 9. The van der Waals surface area contributed by atoms with E-state index in [1.165, 1.54) is 38.5 Å². The van der Waals surface area contributed by atoms with Crippen molar-refractivity contribution in [3.05, 3.63) is 19.1 Å². The molecule has 0 fully saturated rings. The van der Waals surface area contributed by atoms with Crippen LogP contribution in [0.5, 0.6) is 0 Å². The Kier molecular flexibility index (Phi) is 6.86. The van der Waals surface area contributed by atoms with Gasteiger partial charge in [-0.1, -0.05) is 46.0 Å². The summed E-state index contributed by atoms with van der Waals surface area (Å²) in [6, 6.07) is 0. The van der Waals surface area contributed by atoms with Gasteiger partial charge in [0, 0.05) is 13.0 Å². The zero-order chi connectivity index (χ0) is 11.6. The number of hydrogen-bond acceptors (Lipinski definition) is 2. The topological polar surface area (TPSA) is 30.7 Å². The van der Waals surface area contributed by atoms with E-state index in [1.807, 2.05) is 11.0 Å². The Bertz CT molecular complexity index is 268. The minimum Gasteiger partial charge on any atom is -0.253 e. The minimum absolute atomic E-state index is 1.00. The maximum Gasteiger partial charge on any atom is 0.150 e. The van der Waals surface area contributed by atoms with Gasteiger partial charge in [0.05, 0.1) is 0 Å². The molecule has 0 saturated heterocycles. The lowest BCUT2D eigenvalue weighted by molar-refractivity contribution is 0.539. The molecule has 0 bridgehead atoms. The van der Waals surface area contributed by atoms with Crippen LogP contribution in [-0.2, 0) is 13.0 Å². The molecule has 1 aromatic rings. The van der Waals surface area contributed by atoms with E-state index < -0.39 is 0 Å². The first-order valence-electron chi connectivity index (χ1n) is 6.54. The lowest BCUT2D eigenvalue weighted by atomic mass is 10.2. The Morgan fingerprint density at radius 2 is 2.06 bits per heavy atom.